The van der Waals surface area contributed by atoms with E-state index in [1.54, 1.807) is 0 Å². The van der Waals surface area contributed by atoms with Crippen molar-refractivity contribution in [2.75, 3.05) is 0 Å². The predicted molar refractivity (Wildman–Crippen MR) is 40.9 cm³/mol. The molecule has 0 aliphatic carbocycles. The van der Waals surface area contributed by atoms with Gasteiger partial charge in [0.05, 0.1) is 11.9 Å². The molecule has 0 spiro atoms. The predicted octanol–water partition coefficient (Wildman–Crippen LogP) is -1.97. The molecular weight excluding hydrogens is 184 g/mol. The fraction of sp³-hybridized carbons (Fsp3) is 0. The summed E-state index contributed by atoms with van der Waals surface area (Å²) in [4.78, 5) is 20.5. The van der Waals surface area contributed by atoms with Crippen LogP contribution in [0.25, 0.3) is 0 Å². The molecule has 0 aliphatic rings. The molecule has 1 aromatic rings. The number of aromatic carboxylic acids is 2. The van der Waals surface area contributed by atoms with E-state index in [1.165, 1.54) is 18.2 Å². The standard InChI is InChI=1S/C8H6O4.Mg/c9-7(10)5-2-1-3-6(4-5)8(11)12;/h1-4H,(H,9,10)(H,11,12);/q;+2/p-2. The van der Waals surface area contributed by atoms with Gasteiger partial charge >= 0.3 is 23.1 Å². The first-order valence-electron chi connectivity index (χ1n) is 3.14. The van der Waals surface area contributed by atoms with Crippen molar-refractivity contribution >= 4 is 35.0 Å². The Morgan fingerprint density at radius 2 is 1.38 bits per heavy atom. The summed E-state index contributed by atoms with van der Waals surface area (Å²) in [6.07, 6.45) is 0. The third-order valence-corrected chi connectivity index (χ3v) is 1.33. The van der Waals surface area contributed by atoms with Crippen LogP contribution in [0.3, 0.4) is 0 Å². The first-order chi connectivity index (χ1) is 5.61. The van der Waals surface area contributed by atoms with E-state index in [0.717, 1.165) is 6.07 Å². The zero-order valence-corrected chi connectivity index (χ0v) is 8.06. The Labute approximate surface area is 90.3 Å². The maximum atomic E-state index is 10.3. The monoisotopic (exact) mass is 188 g/mol. The molecule has 0 radical (unpaired) electrons. The second-order valence-electron chi connectivity index (χ2n) is 2.16. The van der Waals surface area contributed by atoms with Crippen LogP contribution in [-0.2, 0) is 0 Å². The molecule has 0 aliphatic heterocycles. The van der Waals surface area contributed by atoms with Gasteiger partial charge in [-0.3, -0.25) is 0 Å². The van der Waals surface area contributed by atoms with Crippen molar-refractivity contribution < 1.29 is 19.8 Å². The van der Waals surface area contributed by atoms with E-state index in [1.807, 2.05) is 0 Å². The number of carboxylic acids is 2. The zero-order valence-electron chi connectivity index (χ0n) is 6.65. The van der Waals surface area contributed by atoms with Gasteiger partial charge in [-0.1, -0.05) is 18.2 Å². The van der Waals surface area contributed by atoms with E-state index >= 15 is 0 Å². The number of hydrogen-bond acceptors (Lipinski definition) is 4. The summed E-state index contributed by atoms with van der Waals surface area (Å²) < 4.78 is 0. The van der Waals surface area contributed by atoms with Gasteiger partial charge in [-0.25, -0.2) is 0 Å². The third kappa shape index (κ3) is 3.04. The average Bonchev–Trinajstić information content (AvgIpc) is 2.04. The molecule has 5 heteroatoms. The van der Waals surface area contributed by atoms with Gasteiger partial charge in [-0.05, 0) is 17.2 Å². The van der Waals surface area contributed by atoms with Gasteiger partial charge in [0.25, 0.3) is 0 Å². The number of rotatable bonds is 2. The Bertz CT molecular complexity index is 305. The molecule has 1 rings (SSSR count). The van der Waals surface area contributed by atoms with Gasteiger partial charge in [-0.2, -0.15) is 0 Å². The molecule has 1 aromatic carbocycles. The van der Waals surface area contributed by atoms with E-state index in [9.17, 15) is 19.8 Å². The van der Waals surface area contributed by atoms with Crippen LogP contribution in [0.1, 0.15) is 20.7 Å². The van der Waals surface area contributed by atoms with Crippen molar-refractivity contribution in [3.05, 3.63) is 35.4 Å². The van der Waals surface area contributed by atoms with Crippen molar-refractivity contribution in [1.82, 2.24) is 0 Å². The molecule has 0 saturated heterocycles. The molecule has 0 saturated carbocycles. The van der Waals surface area contributed by atoms with Gasteiger partial charge in [0.2, 0.25) is 0 Å². The van der Waals surface area contributed by atoms with Crippen LogP contribution in [0.5, 0.6) is 0 Å². The summed E-state index contributed by atoms with van der Waals surface area (Å²) in [5.41, 5.74) is -0.339. The van der Waals surface area contributed by atoms with Gasteiger partial charge in [-0.15, -0.1) is 0 Å². The molecule has 0 amide bonds. The molecule has 0 unspecified atom stereocenters. The first-order valence-corrected chi connectivity index (χ1v) is 3.14. The SMILES string of the molecule is O=C([O-])c1cccc(C(=O)[O-])c1.[Mg+2]. The first kappa shape index (κ1) is 11.9. The molecule has 0 heterocycles. The second kappa shape index (κ2) is 4.83. The van der Waals surface area contributed by atoms with Crippen molar-refractivity contribution in [3.63, 3.8) is 0 Å². The fourth-order valence-corrected chi connectivity index (χ4v) is 0.773. The van der Waals surface area contributed by atoms with Crippen LogP contribution in [0, 0.1) is 0 Å². The summed E-state index contributed by atoms with van der Waals surface area (Å²) in [5, 5.41) is 20.5. The Morgan fingerprint density at radius 3 is 1.69 bits per heavy atom. The van der Waals surface area contributed by atoms with Crippen LogP contribution in [-0.4, -0.2) is 35.0 Å². The van der Waals surface area contributed by atoms with Crippen LogP contribution < -0.4 is 10.2 Å². The largest absolute Gasteiger partial charge is 2.00 e. The Morgan fingerprint density at radius 1 is 1.00 bits per heavy atom. The van der Waals surface area contributed by atoms with Crippen molar-refractivity contribution in [1.29, 1.82) is 0 Å². The van der Waals surface area contributed by atoms with E-state index in [4.69, 9.17) is 0 Å². The smallest absolute Gasteiger partial charge is 0.545 e. The van der Waals surface area contributed by atoms with E-state index in [-0.39, 0.29) is 34.2 Å². The second-order valence-corrected chi connectivity index (χ2v) is 2.16. The molecule has 0 N–H and O–H groups in total. The van der Waals surface area contributed by atoms with Crippen LogP contribution in [0.2, 0.25) is 0 Å². The number of carbonyl (C=O) groups is 2. The summed E-state index contributed by atoms with van der Waals surface area (Å²) in [5.74, 6) is -2.81. The molecule has 0 atom stereocenters. The van der Waals surface area contributed by atoms with Crippen molar-refractivity contribution in [3.8, 4) is 0 Å². The van der Waals surface area contributed by atoms with Gasteiger partial charge in [0.15, 0.2) is 0 Å². The number of carboxylic acid groups (broad SMARTS) is 2. The van der Waals surface area contributed by atoms with E-state index < -0.39 is 11.9 Å². The Hall–Kier alpha value is -1.07. The summed E-state index contributed by atoms with van der Waals surface area (Å²) >= 11 is 0. The van der Waals surface area contributed by atoms with Crippen molar-refractivity contribution in [2.45, 2.75) is 0 Å². The summed E-state index contributed by atoms with van der Waals surface area (Å²) in [6.45, 7) is 0. The van der Waals surface area contributed by atoms with Gasteiger partial charge in [0.1, 0.15) is 0 Å². The zero-order chi connectivity index (χ0) is 9.14. The minimum Gasteiger partial charge on any atom is -0.545 e. The molecule has 0 aromatic heterocycles. The maximum Gasteiger partial charge on any atom is 2.00 e. The van der Waals surface area contributed by atoms with Gasteiger partial charge < -0.3 is 19.8 Å². The number of carbonyl (C=O) groups excluding carboxylic acids is 2. The molecule has 13 heavy (non-hydrogen) atoms. The summed E-state index contributed by atoms with van der Waals surface area (Å²) in [7, 11) is 0. The van der Waals surface area contributed by atoms with E-state index in [0.29, 0.717) is 0 Å². The molecule has 62 valence electrons. The van der Waals surface area contributed by atoms with Crippen LogP contribution >= 0.6 is 0 Å². The Kier molecular flexibility index (Phi) is 4.43. The number of benzene rings is 1. The van der Waals surface area contributed by atoms with Crippen LogP contribution in [0.15, 0.2) is 24.3 Å². The number of hydrogen-bond donors (Lipinski definition) is 0. The fourth-order valence-electron chi connectivity index (χ4n) is 0.773. The summed E-state index contributed by atoms with van der Waals surface area (Å²) in [6, 6.07) is 4.81. The molecule has 4 nitrogen and oxygen atoms in total. The average molecular weight is 188 g/mol. The van der Waals surface area contributed by atoms with E-state index in [2.05, 4.69) is 0 Å². The van der Waals surface area contributed by atoms with Gasteiger partial charge in [0, 0.05) is 0 Å². The molecular formula is C8H4MgO4. The molecule has 0 bridgehead atoms. The minimum atomic E-state index is -1.40. The maximum absolute atomic E-state index is 10.3. The Balaban J connectivity index is 0.00000144. The van der Waals surface area contributed by atoms with Crippen LogP contribution in [0.4, 0.5) is 0 Å². The normalized spacial score (nSPS) is 8.62. The molecule has 0 fully saturated rings. The quantitative estimate of drug-likeness (QED) is 0.505. The minimum absolute atomic E-state index is 0. The third-order valence-electron chi connectivity index (χ3n) is 1.33. The topological polar surface area (TPSA) is 80.3 Å². The van der Waals surface area contributed by atoms with Crippen molar-refractivity contribution in [2.24, 2.45) is 0 Å².